The molecule has 0 radical (unpaired) electrons. The van der Waals surface area contributed by atoms with E-state index in [1.165, 1.54) is 0 Å². The molecule has 1 aromatic carbocycles. The molecule has 0 aliphatic heterocycles. The lowest BCUT2D eigenvalue weighted by molar-refractivity contribution is 0.340. The Morgan fingerprint density at radius 2 is 2.21 bits per heavy atom. The van der Waals surface area contributed by atoms with Crippen molar-refractivity contribution in [2.75, 3.05) is 6.61 Å². The van der Waals surface area contributed by atoms with Crippen molar-refractivity contribution in [1.29, 1.82) is 0 Å². The first-order valence-corrected chi connectivity index (χ1v) is 4.49. The highest BCUT2D eigenvalue weighted by Gasteiger charge is 1.95. The van der Waals surface area contributed by atoms with E-state index in [1.54, 1.807) is 0 Å². The Kier molecular flexibility index (Phi) is 3.79. The zero-order valence-electron chi connectivity index (χ0n) is 8.23. The lowest BCUT2D eigenvalue weighted by Gasteiger charge is -2.04. The summed E-state index contributed by atoms with van der Waals surface area (Å²) < 4.78 is 5.34. The molecule has 0 amide bonds. The number of benzene rings is 1. The van der Waals surface area contributed by atoms with Crippen molar-refractivity contribution in [2.24, 2.45) is 16.5 Å². The summed E-state index contributed by atoms with van der Waals surface area (Å²) >= 11 is 0. The van der Waals surface area contributed by atoms with Crippen molar-refractivity contribution < 1.29 is 4.74 Å². The second kappa shape index (κ2) is 5.11. The van der Waals surface area contributed by atoms with Crippen LogP contribution in [0.2, 0.25) is 0 Å². The van der Waals surface area contributed by atoms with Gasteiger partial charge in [-0.2, -0.15) is 0 Å². The summed E-state index contributed by atoms with van der Waals surface area (Å²) in [6.07, 6.45) is 0. The fourth-order valence-electron chi connectivity index (χ4n) is 1.08. The van der Waals surface area contributed by atoms with E-state index in [9.17, 15) is 0 Å². The molecule has 0 saturated carbocycles. The first-order chi connectivity index (χ1) is 6.72. The Morgan fingerprint density at radius 1 is 1.43 bits per heavy atom. The molecule has 0 aromatic heterocycles. The zero-order valence-corrected chi connectivity index (χ0v) is 8.23. The van der Waals surface area contributed by atoms with Gasteiger partial charge in [-0.25, -0.2) is 4.99 Å². The van der Waals surface area contributed by atoms with Crippen molar-refractivity contribution in [3.8, 4) is 5.75 Å². The molecule has 1 rings (SSSR count). The third-order valence-electron chi connectivity index (χ3n) is 1.65. The van der Waals surface area contributed by atoms with Gasteiger partial charge in [0.25, 0.3) is 0 Å². The molecule has 0 aliphatic carbocycles. The minimum Gasteiger partial charge on any atom is -0.494 e. The molecule has 0 saturated heterocycles. The van der Waals surface area contributed by atoms with E-state index in [0.717, 1.165) is 11.3 Å². The molecule has 4 nitrogen and oxygen atoms in total. The summed E-state index contributed by atoms with van der Waals surface area (Å²) in [7, 11) is 0. The normalized spacial score (nSPS) is 9.50. The van der Waals surface area contributed by atoms with Gasteiger partial charge in [-0.05, 0) is 24.6 Å². The van der Waals surface area contributed by atoms with Gasteiger partial charge in [0.15, 0.2) is 5.96 Å². The van der Waals surface area contributed by atoms with Crippen LogP contribution in [0.4, 0.5) is 0 Å². The Morgan fingerprint density at radius 3 is 2.86 bits per heavy atom. The lowest BCUT2D eigenvalue weighted by Crippen LogP contribution is -2.22. The smallest absolute Gasteiger partial charge is 0.186 e. The predicted molar refractivity (Wildman–Crippen MR) is 57.1 cm³/mol. The van der Waals surface area contributed by atoms with Gasteiger partial charge < -0.3 is 16.2 Å². The molecule has 4 heteroatoms. The fourth-order valence-corrected chi connectivity index (χ4v) is 1.08. The number of hydrogen-bond acceptors (Lipinski definition) is 2. The van der Waals surface area contributed by atoms with Gasteiger partial charge in [-0.15, -0.1) is 0 Å². The molecule has 0 unspecified atom stereocenters. The van der Waals surface area contributed by atoms with Crippen LogP contribution >= 0.6 is 0 Å². The van der Waals surface area contributed by atoms with Crippen LogP contribution in [0.5, 0.6) is 5.75 Å². The summed E-state index contributed by atoms with van der Waals surface area (Å²) in [5.74, 6) is 0.947. The van der Waals surface area contributed by atoms with Gasteiger partial charge in [0, 0.05) is 0 Å². The highest BCUT2D eigenvalue weighted by molar-refractivity contribution is 5.75. The molecule has 0 spiro atoms. The first-order valence-electron chi connectivity index (χ1n) is 4.49. The van der Waals surface area contributed by atoms with Crippen LogP contribution in [0.25, 0.3) is 0 Å². The van der Waals surface area contributed by atoms with Gasteiger partial charge >= 0.3 is 0 Å². The van der Waals surface area contributed by atoms with Crippen molar-refractivity contribution in [2.45, 2.75) is 13.5 Å². The van der Waals surface area contributed by atoms with E-state index < -0.39 is 0 Å². The SMILES string of the molecule is CCOc1cccc(CN=C(N)N)c1. The number of rotatable bonds is 4. The third-order valence-corrected chi connectivity index (χ3v) is 1.65. The van der Waals surface area contributed by atoms with Crippen LogP contribution < -0.4 is 16.2 Å². The van der Waals surface area contributed by atoms with Crippen molar-refractivity contribution in [3.05, 3.63) is 29.8 Å². The number of ether oxygens (including phenoxy) is 1. The third kappa shape index (κ3) is 3.35. The van der Waals surface area contributed by atoms with Crippen LogP contribution in [-0.4, -0.2) is 12.6 Å². The summed E-state index contributed by atoms with van der Waals surface area (Å²) in [4.78, 5) is 3.91. The van der Waals surface area contributed by atoms with E-state index in [0.29, 0.717) is 13.2 Å². The van der Waals surface area contributed by atoms with E-state index in [1.807, 2.05) is 31.2 Å². The van der Waals surface area contributed by atoms with E-state index in [2.05, 4.69) is 4.99 Å². The molecule has 0 bridgehead atoms. The quantitative estimate of drug-likeness (QED) is 0.550. The Bertz CT molecular complexity index is 319. The topological polar surface area (TPSA) is 73.6 Å². The molecule has 14 heavy (non-hydrogen) atoms. The highest BCUT2D eigenvalue weighted by Crippen LogP contribution is 2.13. The maximum atomic E-state index is 5.34. The van der Waals surface area contributed by atoms with Gasteiger partial charge in [0.1, 0.15) is 5.75 Å². The molecule has 76 valence electrons. The minimum atomic E-state index is 0.104. The molecule has 4 N–H and O–H groups in total. The Labute approximate surface area is 83.6 Å². The Balaban J connectivity index is 2.68. The van der Waals surface area contributed by atoms with Crippen molar-refractivity contribution in [1.82, 2.24) is 0 Å². The van der Waals surface area contributed by atoms with Gasteiger partial charge in [0.2, 0.25) is 0 Å². The number of hydrogen-bond donors (Lipinski definition) is 2. The number of nitrogens with zero attached hydrogens (tertiary/aromatic N) is 1. The monoisotopic (exact) mass is 193 g/mol. The van der Waals surface area contributed by atoms with Crippen LogP contribution in [0, 0.1) is 0 Å². The summed E-state index contributed by atoms with van der Waals surface area (Å²) in [5.41, 5.74) is 11.5. The summed E-state index contributed by atoms with van der Waals surface area (Å²) in [6.45, 7) is 3.09. The molecule has 1 aromatic rings. The average Bonchev–Trinajstić information content (AvgIpc) is 2.16. The zero-order chi connectivity index (χ0) is 10.4. The Hall–Kier alpha value is -1.71. The van der Waals surface area contributed by atoms with Crippen molar-refractivity contribution in [3.63, 3.8) is 0 Å². The first kappa shape index (κ1) is 10.4. The maximum absolute atomic E-state index is 5.34. The average molecular weight is 193 g/mol. The number of aliphatic imine (C=N–C) groups is 1. The predicted octanol–water partition coefficient (Wildman–Crippen LogP) is 0.859. The molecule has 0 fully saturated rings. The van der Waals surface area contributed by atoms with Crippen LogP contribution in [-0.2, 0) is 6.54 Å². The maximum Gasteiger partial charge on any atom is 0.186 e. The number of guanidine groups is 1. The van der Waals surface area contributed by atoms with E-state index >= 15 is 0 Å². The van der Waals surface area contributed by atoms with Crippen LogP contribution in [0.3, 0.4) is 0 Å². The highest BCUT2D eigenvalue weighted by atomic mass is 16.5. The fraction of sp³-hybridized carbons (Fsp3) is 0.300. The van der Waals surface area contributed by atoms with Gasteiger partial charge in [-0.3, -0.25) is 0 Å². The molecular weight excluding hydrogens is 178 g/mol. The summed E-state index contributed by atoms with van der Waals surface area (Å²) in [5, 5.41) is 0. The molecule has 0 heterocycles. The van der Waals surface area contributed by atoms with E-state index in [4.69, 9.17) is 16.2 Å². The molecular formula is C10H15N3O. The second-order valence-corrected chi connectivity index (χ2v) is 2.82. The second-order valence-electron chi connectivity index (χ2n) is 2.82. The van der Waals surface area contributed by atoms with Crippen molar-refractivity contribution >= 4 is 5.96 Å². The molecule has 0 aliphatic rings. The van der Waals surface area contributed by atoms with Gasteiger partial charge in [0.05, 0.1) is 13.2 Å². The standard InChI is InChI=1S/C10H15N3O/c1-2-14-9-5-3-4-8(6-9)7-13-10(11)12/h3-6H,2,7H2,1H3,(H4,11,12,13). The lowest BCUT2D eigenvalue weighted by atomic mass is 10.2. The minimum absolute atomic E-state index is 0.104. The van der Waals surface area contributed by atoms with Crippen LogP contribution in [0.1, 0.15) is 12.5 Å². The molecule has 0 atom stereocenters. The summed E-state index contributed by atoms with van der Waals surface area (Å²) in [6, 6.07) is 7.70. The van der Waals surface area contributed by atoms with Gasteiger partial charge in [-0.1, -0.05) is 12.1 Å². The van der Waals surface area contributed by atoms with E-state index in [-0.39, 0.29) is 5.96 Å². The largest absolute Gasteiger partial charge is 0.494 e. The number of nitrogens with two attached hydrogens (primary N) is 2. The van der Waals surface area contributed by atoms with Crippen LogP contribution in [0.15, 0.2) is 29.3 Å².